The van der Waals surface area contributed by atoms with E-state index < -0.39 is 72.1 Å². The number of amides is 6. The van der Waals surface area contributed by atoms with Crippen LogP contribution < -0.4 is 31.9 Å². The summed E-state index contributed by atoms with van der Waals surface area (Å²) in [7, 11) is 0. The minimum absolute atomic E-state index is 0.0146. The van der Waals surface area contributed by atoms with Crippen molar-refractivity contribution >= 4 is 53.3 Å². The summed E-state index contributed by atoms with van der Waals surface area (Å²) in [5.41, 5.74) is 6.49. The summed E-state index contributed by atoms with van der Waals surface area (Å²) in [6.45, 7) is 0.498. The molecule has 250 valence electrons. The molecule has 0 bridgehead atoms. The molecule has 2 rings (SSSR count). The van der Waals surface area contributed by atoms with Crippen LogP contribution in [-0.2, 0) is 28.8 Å². The Morgan fingerprint density at radius 2 is 1.33 bits per heavy atom. The van der Waals surface area contributed by atoms with Crippen molar-refractivity contribution in [2.24, 2.45) is 5.73 Å². The highest BCUT2D eigenvalue weighted by Gasteiger charge is 2.26. The molecular formula is C29H38N6O11. The number of anilines is 1. The number of carbonyl (C=O) groups excluding carboxylic acids is 5. The number of nitrogens with zero attached hydrogens (tertiary/aromatic N) is 1. The van der Waals surface area contributed by atoms with Crippen molar-refractivity contribution in [2.75, 3.05) is 18.0 Å². The molecule has 1 aliphatic heterocycles. The second-order valence-electron chi connectivity index (χ2n) is 10.4. The molecule has 3 atom stereocenters. The van der Waals surface area contributed by atoms with Gasteiger partial charge < -0.3 is 42.3 Å². The van der Waals surface area contributed by atoms with Gasteiger partial charge in [0.2, 0.25) is 5.91 Å². The minimum atomic E-state index is -1.51. The van der Waals surface area contributed by atoms with E-state index in [-0.39, 0.29) is 37.1 Å². The number of rotatable bonds is 20. The van der Waals surface area contributed by atoms with Gasteiger partial charge in [0.05, 0.1) is 11.7 Å². The van der Waals surface area contributed by atoms with Gasteiger partial charge >= 0.3 is 23.9 Å². The SMILES string of the molecule is N[C@@H](CCCCNC(=O)c1cccc(N2C(=O)C=CC2=O)c1)C(=O)NCCCC[C@H](NC(=O)N[C@@H](CCC(=O)O)C(=O)O)C(=O)O. The Labute approximate surface area is 263 Å². The third kappa shape index (κ3) is 12.4. The Balaban J connectivity index is 1.63. The van der Waals surface area contributed by atoms with E-state index in [0.29, 0.717) is 32.2 Å². The fourth-order valence-electron chi connectivity index (χ4n) is 4.32. The quantitative estimate of drug-likeness (QED) is 0.0670. The third-order valence-corrected chi connectivity index (χ3v) is 6.81. The van der Waals surface area contributed by atoms with Crippen LogP contribution in [0.1, 0.15) is 61.7 Å². The summed E-state index contributed by atoms with van der Waals surface area (Å²) < 4.78 is 0. The number of hydrogen-bond acceptors (Lipinski definition) is 9. The summed E-state index contributed by atoms with van der Waals surface area (Å²) in [6.07, 6.45) is 3.47. The monoisotopic (exact) mass is 646 g/mol. The van der Waals surface area contributed by atoms with Crippen LogP contribution in [0.3, 0.4) is 0 Å². The van der Waals surface area contributed by atoms with E-state index in [1.165, 1.54) is 6.07 Å². The van der Waals surface area contributed by atoms with E-state index >= 15 is 0 Å². The van der Waals surface area contributed by atoms with Crippen LogP contribution in [0.25, 0.3) is 0 Å². The van der Waals surface area contributed by atoms with Crippen LogP contribution in [0.2, 0.25) is 0 Å². The lowest BCUT2D eigenvalue weighted by Gasteiger charge is -2.18. The van der Waals surface area contributed by atoms with E-state index in [4.69, 9.17) is 15.9 Å². The first kappa shape index (κ1) is 36.9. The first-order valence-electron chi connectivity index (χ1n) is 14.5. The molecule has 6 amide bonds. The average Bonchev–Trinajstić information content (AvgIpc) is 3.34. The van der Waals surface area contributed by atoms with Gasteiger partial charge in [0.25, 0.3) is 17.7 Å². The maximum Gasteiger partial charge on any atom is 0.326 e. The lowest BCUT2D eigenvalue weighted by atomic mass is 10.1. The smallest absolute Gasteiger partial charge is 0.326 e. The number of benzene rings is 1. The van der Waals surface area contributed by atoms with E-state index in [0.717, 1.165) is 17.1 Å². The van der Waals surface area contributed by atoms with Crippen LogP contribution >= 0.6 is 0 Å². The van der Waals surface area contributed by atoms with Gasteiger partial charge in [-0.2, -0.15) is 0 Å². The molecule has 1 heterocycles. The van der Waals surface area contributed by atoms with Crippen molar-refractivity contribution in [3.63, 3.8) is 0 Å². The summed E-state index contributed by atoms with van der Waals surface area (Å²) in [6, 6.07) is 1.38. The van der Waals surface area contributed by atoms with Gasteiger partial charge in [-0.05, 0) is 63.1 Å². The number of unbranched alkanes of at least 4 members (excludes halogenated alkanes) is 2. The van der Waals surface area contributed by atoms with Crippen molar-refractivity contribution in [1.29, 1.82) is 0 Å². The van der Waals surface area contributed by atoms with Crippen LogP contribution in [0.5, 0.6) is 0 Å². The average molecular weight is 647 g/mol. The van der Waals surface area contributed by atoms with Crippen LogP contribution in [0.4, 0.5) is 10.5 Å². The molecule has 17 heteroatoms. The largest absolute Gasteiger partial charge is 0.481 e. The maximum atomic E-state index is 12.5. The van der Waals surface area contributed by atoms with Crippen molar-refractivity contribution in [3.8, 4) is 0 Å². The van der Waals surface area contributed by atoms with Crippen molar-refractivity contribution in [1.82, 2.24) is 21.3 Å². The molecule has 46 heavy (non-hydrogen) atoms. The van der Waals surface area contributed by atoms with E-state index in [1.807, 2.05) is 5.32 Å². The van der Waals surface area contributed by atoms with Crippen LogP contribution in [-0.4, -0.2) is 94.1 Å². The summed E-state index contributed by atoms with van der Waals surface area (Å²) in [5.74, 6) is -5.84. The van der Waals surface area contributed by atoms with E-state index in [9.17, 15) is 43.5 Å². The molecule has 9 N–H and O–H groups in total. The number of urea groups is 1. The Hall–Kier alpha value is -5.32. The van der Waals surface area contributed by atoms with Gasteiger partial charge in [-0.1, -0.05) is 6.07 Å². The van der Waals surface area contributed by atoms with Gasteiger partial charge in [0.1, 0.15) is 12.1 Å². The van der Waals surface area contributed by atoms with Gasteiger partial charge in [0, 0.05) is 37.2 Å². The highest BCUT2D eigenvalue weighted by atomic mass is 16.4. The van der Waals surface area contributed by atoms with Gasteiger partial charge in [-0.25, -0.2) is 19.3 Å². The number of carboxylic acid groups (broad SMARTS) is 3. The zero-order chi connectivity index (χ0) is 34.2. The number of imide groups is 1. The number of aliphatic carboxylic acids is 3. The number of hydrogen-bond donors (Lipinski definition) is 8. The number of nitrogens with one attached hydrogen (secondary N) is 4. The molecule has 1 aliphatic rings. The molecule has 0 unspecified atom stereocenters. The Morgan fingerprint density at radius 1 is 0.761 bits per heavy atom. The fourth-order valence-corrected chi connectivity index (χ4v) is 4.32. The molecular weight excluding hydrogens is 608 g/mol. The Kier molecular flexibility index (Phi) is 14.8. The van der Waals surface area contributed by atoms with Gasteiger partial charge in [-0.15, -0.1) is 0 Å². The number of carboxylic acids is 3. The summed E-state index contributed by atoms with van der Waals surface area (Å²) >= 11 is 0. The topological polar surface area (TPSA) is 275 Å². The third-order valence-electron chi connectivity index (χ3n) is 6.81. The molecule has 1 aromatic carbocycles. The van der Waals surface area contributed by atoms with E-state index in [2.05, 4.69) is 16.0 Å². The molecule has 0 aliphatic carbocycles. The number of carbonyl (C=O) groups is 8. The second kappa shape index (κ2) is 18.5. The first-order chi connectivity index (χ1) is 21.8. The second-order valence-corrected chi connectivity index (χ2v) is 10.4. The lowest BCUT2D eigenvalue weighted by molar-refractivity contribution is -0.141. The fraction of sp³-hybridized carbons (Fsp3) is 0.448. The number of nitrogens with two attached hydrogens (primary N) is 1. The first-order valence-corrected chi connectivity index (χ1v) is 14.5. The molecule has 0 aromatic heterocycles. The molecule has 0 fully saturated rings. The van der Waals surface area contributed by atoms with Crippen molar-refractivity contribution in [3.05, 3.63) is 42.0 Å². The Bertz CT molecular complexity index is 1330. The normalized spacial score (nSPS) is 14.2. The summed E-state index contributed by atoms with van der Waals surface area (Å²) in [5, 5.41) is 36.8. The molecule has 1 aromatic rings. The van der Waals surface area contributed by atoms with Crippen molar-refractivity contribution in [2.45, 2.75) is 69.5 Å². The highest BCUT2D eigenvalue weighted by Crippen LogP contribution is 2.20. The molecule has 0 spiro atoms. The lowest BCUT2D eigenvalue weighted by Crippen LogP contribution is -2.51. The molecule has 0 saturated heterocycles. The zero-order valence-corrected chi connectivity index (χ0v) is 24.9. The van der Waals surface area contributed by atoms with Crippen LogP contribution in [0, 0.1) is 0 Å². The predicted molar refractivity (Wildman–Crippen MR) is 160 cm³/mol. The van der Waals surface area contributed by atoms with E-state index in [1.54, 1.807) is 18.2 Å². The maximum absolute atomic E-state index is 12.5. The van der Waals surface area contributed by atoms with Gasteiger partial charge in [0.15, 0.2) is 0 Å². The molecule has 0 saturated carbocycles. The predicted octanol–water partition coefficient (Wildman–Crippen LogP) is -0.300. The zero-order valence-electron chi connectivity index (χ0n) is 24.9. The van der Waals surface area contributed by atoms with Crippen LogP contribution in [0.15, 0.2) is 36.4 Å². The summed E-state index contributed by atoms with van der Waals surface area (Å²) in [4.78, 5) is 94.9. The highest BCUT2D eigenvalue weighted by molar-refractivity contribution is 6.28. The molecule has 0 radical (unpaired) electrons. The minimum Gasteiger partial charge on any atom is -0.481 e. The van der Waals surface area contributed by atoms with Crippen molar-refractivity contribution < 1.29 is 53.7 Å². The standard InChI is InChI=1S/C29H38N6O11/c30-19(8-1-3-14-31-25(40)17-6-5-7-18(16-17)35-22(36)11-12-23(35)37)26(41)32-15-4-2-9-20(27(42)43)33-29(46)34-21(28(44)45)10-13-24(38)39/h5-7,11-12,16,19-21H,1-4,8-10,13-15,30H2,(H,31,40)(H,32,41)(H,38,39)(H,42,43)(H,44,45)(H2,33,34,46)/t19-,20-,21-/m0/s1. The van der Waals surface area contributed by atoms with Gasteiger partial charge in [-0.3, -0.25) is 24.0 Å². The Morgan fingerprint density at radius 3 is 1.91 bits per heavy atom. The molecule has 17 nitrogen and oxygen atoms in total.